The molecular formula is C11H13F3N4O. The van der Waals surface area contributed by atoms with Gasteiger partial charge in [0.2, 0.25) is 0 Å². The maximum absolute atomic E-state index is 13.9. The number of alkyl halides is 2. The zero-order valence-corrected chi connectivity index (χ0v) is 10.2. The van der Waals surface area contributed by atoms with Gasteiger partial charge in [0, 0.05) is 0 Å². The molecule has 0 bridgehead atoms. The molecule has 1 aromatic heterocycles. The highest BCUT2D eigenvalue weighted by molar-refractivity contribution is 5.82. The molecule has 0 spiro atoms. The van der Waals surface area contributed by atoms with E-state index in [1.807, 2.05) is 0 Å². The van der Waals surface area contributed by atoms with Gasteiger partial charge in [0.05, 0.1) is 6.61 Å². The fraction of sp³-hybridized carbons (Fsp3) is 0.455. The molecule has 0 amide bonds. The van der Waals surface area contributed by atoms with E-state index in [4.69, 9.17) is 16.2 Å². The summed E-state index contributed by atoms with van der Waals surface area (Å²) in [5.41, 5.74) is 8.53. The van der Waals surface area contributed by atoms with Crippen molar-refractivity contribution in [3.63, 3.8) is 0 Å². The minimum atomic E-state index is -3.02. The Morgan fingerprint density at radius 3 is 2.68 bits per heavy atom. The van der Waals surface area contributed by atoms with Crippen molar-refractivity contribution >= 4 is 11.7 Å². The Balaban J connectivity index is 2.64. The molecule has 1 aromatic rings. The highest BCUT2D eigenvalue weighted by atomic mass is 19.3. The molecule has 4 N–H and O–H groups in total. The van der Waals surface area contributed by atoms with Gasteiger partial charge < -0.3 is 16.2 Å². The molecule has 0 fully saturated rings. The molecule has 1 unspecified atom stereocenters. The van der Waals surface area contributed by atoms with Gasteiger partial charge in [0.25, 0.3) is 6.43 Å². The summed E-state index contributed by atoms with van der Waals surface area (Å²) < 4.78 is 45.6. The normalized spacial score (nSPS) is 23.5. The van der Waals surface area contributed by atoms with Gasteiger partial charge in [-0.2, -0.15) is 0 Å². The summed E-state index contributed by atoms with van der Waals surface area (Å²) in [5, 5.41) is 0. The first-order valence-electron chi connectivity index (χ1n) is 5.50. The molecule has 0 saturated carbocycles. The fourth-order valence-electron chi connectivity index (χ4n) is 1.87. The highest BCUT2D eigenvalue weighted by Crippen LogP contribution is 2.36. The minimum absolute atomic E-state index is 0.0317. The maximum Gasteiger partial charge on any atom is 0.271 e. The van der Waals surface area contributed by atoms with Crippen LogP contribution in [-0.2, 0) is 10.3 Å². The van der Waals surface area contributed by atoms with Gasteiger partial charge in [0.15, 0.2) is 5.54 Å². The number of amidine groups is 1. The molecular weight excluding hydrogens is 261 g/mol. The van der Waals surface area contributed by atoms with Gasteiger partial charge in [0.1, 0.15) is 29.8 Å². The van der Waals surface area contributed by atoms with E-state index in [-0.39, 0.29) is 18.3 Å². The van der Waals surface area contributed by atoms with Crippen LogP contribution in [0.3, 0.4) is 0 Å². The summed E-state index contributed by atoms with van der Waals surface area (Å²) in [6.45, 7) is 0.953. The number of nitrogens with zero attached hydrogens (tertiary/aromatic N) is 2. The molecule has 5 nitrogen and oxygen atoms in total. The molecule has 2 rings (SSSR count). The molecule has 1 aliphatic heterocycles. The monoisotopic (exact) mass is 274 g/mol. The summed E-state index contributed by atoms with van der Waals surface area (Å²) in [6.07, 6.45) is -3.02. The number of aliphatic imine (C=N–C) groups is 1. The van der Waals surface area contributed by atoms with E-state index in [9.17, 15) is 13.2 Å². The van der Waals surface area contributed by atoms with Crippen LogP contribution in [0.5, 0.6) is 0 Å². The lowest BCUT2D eigenvalue weighted by molar-refractivity contribution is -0.0168. The minimum Gasteiger partial charge on any atom is -0.385 e. The third-order valence-electron chi connectivity index (χ3n) is 2.89. The molecule has 0 saturated heterocycles. The Kier molecular flexibility index (Phi) is 3.36. The van der Waals surface area contributed by atoms with Crippen LogP contribution in [0.25, 0.3) is 0 Å². The van der Waals surface area contributed by atoms with Crippen LogP contribution in [0.1, 0.15) is 11.3 Å². The van der Waals surface area contributed by atoms with E-state index >= 15 is 0 Å². The van der Waals surface area contributed by atoms with E-state index in [0.29, 0.717) is 5.56 Å². The van der Waals surface area contributed by atoms with E-state index in [2.05, 4.69) is 9.98 Å². The number of halogens is 3. The fourth-order valence-corrected chi connectivity index (χ4v) is 1.87. The number of nitrogen functional groups attached to an aromatic ring is 1. The van der Waals surface area contributed by atoms with Crippen LogP contribution < -0.4 is 11.5 Å². The summed E-state index contributed by atoms with van der Waals surface area (Å²) in [7, 11) is 0. The Hall–Kier alpha value is -1.83. The van der Waals surface area contributed by atoms with Crippen LogP contribution in [0.2, 0.25) is 0 Å². The second-order valence-electron chi connectivity index (χ2n) is 4.34. The number of aromatic nitrogens is 1. The SMILES string of the molecule is Cc1cc(F)c(C2(C(F)F)COCC(N)=N2)nc1N. The first-order valence-corrected chi connectivity index (χ1v) is 5.50. The summed E-state index contributed by atoms with van der Waals surface area (Å²) in [4.78, 5) is 7.38. The first kappa shape index (κ1) is 13.6. The number of rotatable bonds is 2. The van der Waals surface area contributed by atoms with Crippen LogP contribution >= 0.6 is 0 Å². The van der Waals surface area contributed by atoms with Gasteiger partial charge in [-0.3, -0.25) is 0 Å². The van der Waals surface area contributed by atoms with E-state index in [1.54, 1.807) is 0 Å². The van der Waals surface area contributed by atoms with E-state index in [1.165, 1.54) is 6.92 Å². The van der Waals surface area contributed by atoms with E-state index < -0.39 is 30.1 Å². The Morgan fingerprint density at radius 1 is 1.42 bits per heavy atom. The third-order valence-corrected chi connectivity index (χ3v) is 2.89. The molecule has 8 heteroatoms. The lowest BCUT2D eigenvalue weighted by Crippen LogP contribution is -2.46. The second kappa shape index (κ2) is 4.69. The van der Waals surface area contributed by atoms with Gasteiger partial charge in [-0.1, -0.05) is 0 Å². The van der Waals surface area contributed by atoms with Crippen molar-refractivity contribution in [1.82, 2.24) is 4.98 Å². The van der Waals surface area contributed by atoms with Crippen molar-refractivity contribution < 1.29 is 17.9 Å². The lowest BCUT2D eigenvalue weighted by Gasteiger charge is -2.32. The van der Waals surface area contributed by atoms with Gasteiger partial charge >= 0.3 is 0 Å². The summed E-state index contributed by atoms with van der Waals surface area (Å²) in [5.74, 6) is -1.07. The molecule has 104 valence electrons. The first-order chi connectivity index (χ1) is 8.86. The maximum atomic E-state index is 13.9. The van der Waals surface area contributed by atoms with Crippen molar-refractivity contribution in [2.75, 3.05) is 18.9 Å². The predicted molar refractivity (Wildman–Crippen MR) is 63.5 cm³/mol. The molecule has 0 radical (unpaired) electrons. The molecule has 0 aliphatic carbocycles. The molecule has 0 aromatic carbocycles. The van der Waals surface area contributed by atoms with Crippen molar-refractivity contribution in [2.24, 2.45) is 10.7 Å². The number of anilines is 1. The van der Waals surface area contributed by atoms with Crippen molar-refractivity contribution in [2.45, 2.75) is 18.9 Å². The number of hydrogen-bond donors (Lipinski definition) is 2. The molecule has 2 heterocycles. The van der Waals surface area contributed by atoms with Crippen molar-refractivity contribution in [1.29, 1.82) is 0 Å². The number of nitrogens with two attached hydrogens (primary N) is 2. The number of hydrogen-bond acceptors (Lipinski definition) is 5. The second-order valence-corrected chi connectivity index (χ2v) is 4.34. The third kappa shape index (κ3) is 2.23. The highest BCUT2D eigenvalue weighted by Gasteiger charge is 2.47. The Labute approximate surface area is 107 Å². The molecule has 19 heavy (non-hydrogen) atoms. The predicted octanol–water partition coefficient (Wildman–Crippen LogP) is 0.959. The van der Waals surface area contributed by atoms with E-state index in [0.717, 1.165) is 6.07 Å². The van der Waals surface area contributed by atoms with Crippen molar-refractivity contribution in [3.05, 3.63) is 23.1 Å². The average molecular weight is 274 g/mol. The van der Waals surface area contributed by atoms with Crippen LogP contribution in [0, 0.1) is 12.7 Å². The van der Waals surface area contributed by atoms with Gasteiger partial charge in [-0.15, -0.1) is 0 Å². The smallest absolute Gasteiger partial charge is 0.271 e. The van der Waals surface area contributed by atoms with Crippen molar-refractivity contribution in [3.8, 4) is 0 Å². The molecule has 1 aliphatic rings. The zero-order chi connectivity index (χ0) is 14.2. The van der Waals surface area contributed by atoms with Crippen LogP contribution in [0.15, 0.2) is 11.1 Å². The lowest BCUT2D eigenvalue weighted by atomic mass is 9.94. The quantitative estimate of drug-likeness (QED) is 0.841. The summed E-state index contributed by atoms with van der Waals surface area (Å²) in [6, 6.07) is 1.04. The Morgan fingerprint density at radius 2 is 2.11 bits per heavy atom. The van der Waals surface area contributed by atoms with Gasteiger partial charge in [-0.25, -0.2) is 23.1 Å². The Bertz CT molecular complexity index is 535. The zero-order valence-electron chi connectivity index (χ0n) is 10.2. The largest absolute Gasteiger partial charge is 0.385 e. The summed E-state index contributed by atoms with van der Waals surface area (Å²) >= 11 is 0. The van der Waals surface area contributed by atoms with Crippen LogP contribution in [0.4, 0.5) is 19.0 Å². The molecule has 1 atom stereocenters. The number of aryl methyl sites for hydroxylation is 1. The number of pyridine rings is 1. The van der Waals surface area contributed by atoms with Crippen LogP contribution in [-0.4, -0.2) is 30.5 Å². The standard InChI is InChI=1S/C11H13F3N4O/c1-5-2-6(12)8(17-9(5)16)11(10(13)14)4-19-3-7(15)18-11/h2,10H,3-4H2,1H3,(H2,15,18)(H2,16,17). The topological polar surface area (TPSA) is 86.5 Å². The van der Waals surface area contributed by atoms with Gasteiger partial charge in [-0.05, 0) is 18.6 Å². The average Bonchev–Trinajstić information content (AvgIpc) is 2.33. The number of ether oxygens (including phenoxy) is 1.